The van der Waals surface area contributed by atoms with Gasteiger partial charge in [-0.25, -0.2) is 9.78 Å². The fraction of sp³-hybridized carbons (Fsp3) is 0.450. The molecule has 27 heavy (non-hydrogen) atoms. The number of benzene rings is 1. The van der Waals surface area contributed by atoms with Gasteiger partial charge in [-0.1, -0.05) is 30.3 Å². The van der Waals surface area contributed by atoms with Gasteiger partial charge in [-0.3, -0.25) is 0 Å². The largest absolute Gasteiger partial charge is 0.445 e. The Morgan fingerprint density at radius 1 is 1.11 bits per heavy atom. The number of hydrogen-bond acceptors (Lipinski definition) is 6. The molecule has 0 saturated heterocycles. The minimum Gasteiger partial charge on any atom is -0.445 e. The van der Waals surface area contributed by atoms with Crippen LogP contribution in [0.1, 0.15) is 31.2 Å². The Kier molecular flexibility index (Phi) is 6.46. The molecule has 1 heterocycles. The molecule has 2 N–H and O–H groups in total. The maximum atomic E-state index is 12.0. The van der Waals surface area contributed by atoms with Crippen LogP contribution in [0.5, 0.6) is 0 Å². The van der Waals surface area contributed by atoms with E-state index in [9.17, 15) is 4.79 Å². The molecule has 1 aromatic heterocycles. The molecule has 1 aliphatic carbocycles. The van der Waals surface area contributed by atoms with E-state index in [2.05, 4.69) is 20.6 Å². The molecule has 0 radical (unpaired) electrons. The number of anilines is 2. The first-order valence-electron chi connectivity index (χ1n) is 9.34. The SMILES string of the molecule is CN(C)c1ccnc(NC2CCC(NC(=O)OCc3ccccc3)CC2)n1. The van der Waals surface area contributed by atoms with E-state index in [4.69, 9.17) is 4.74 Å². The van der Waals surface area contributed by atoms with Gasteiger partial charge < -0.3 is 20.3 Å². The summed E-state index contributed by atoms with van der Waals surface area (Å²) in [4.78, 5) is 22.7. The molecule has 1 saturated carbocycles. The van der Waals surface area contributed by atoms with Gasteiger partial charge in [0.2, 0.25) is 5.95 Å². The summed E-state index contributed by atoms with van der Waals surface area (Å²) in [5, 5.41) is 6.37. The fourth-order valence-corrected chi connectivity index (χ4v) is 3.16. The normalized spacial score (nSPS) is 19.2. The average Bonchev–Trinajstić information content (AvgIpc) is 2.69. The minimum atomic E-state index is -0.350. The van der Waals surface area contributed by atoms with Gasteiger partial charge in [0, 0.05) is 32.4 Å². The topological polar surface area (TPSA) is 79.4 Å². The van der Waals surface area contributed by atoms with E-state index in [1.165, 1.54) is 0 Å². The van der Waals surface area contributed by atoms with E-state index in [0.29, 0.717) is 18.6 Å². The number of amides is 1. The third-order valence-electron chi connectivity index (χ3n) is 4.69. The van der Waals surface area contributed by atoms with Gasteiger partial charge in [-0.05, 0) is 37.3 Å². The summed E-state index contributed by atoms with van der Waals surface area (Å²) in [6, 6.07) is 12.0. The number of ether oxygens (including phenoxy) is 1. The second kappa shape index (κ2) is 9.21. The van der Waals surface area contributed by atoms with Crippen LogP contribution >= 0.6 is 0 Å². The average molecular weight is 369 g/mol. The number of hydrogen-bond donors (Lipinski definition) is 2. The van der Waals surface area contributed by atoms with E-state index in [0.717, 1.165) is 37.1 Å². The van der Waals surface area contributed by atoms with Crippen LogP contribution in [-0.4, -0.2) is 42.2 Å². The van der Waals surface area contributed by atoms with Crippen LogP contribution in [0.15, 0.2) is 42.6 Å². The van der Waals surface area contributed by atoms with Gasteiger partial charge in [0.15, 0.2) is 0 Å². The van der Waals surface area contributed by atoms with E-state index in [1.807, 2.05) is 55.4 Å². The lowest BCUT2D eigenvalue weighted by molar-refractivity contribution is 0.132. The third kappa shape index (κ3) is 5.84. The zero-order valence-electron chi connectivity index (χ0n) is 15.9. The smallest absolute Gasteiger partial charge is 0.407 e. The Morgan fingerprint density at radius 2 is 1.81 bits per heavy atom. The van der Waals surface area contributed by atoms with Gasteiger partial charge in [-0.15, -0.1) is 0 Å². The molecule has 0 aliphatic heterocycles. The fourth-order valence-electron chi connectivity index (χ4n) is 3.16. The molecule has 0 spiro atoms. The molecule has 1 amide bonds. The number of nitrogens with one attached hydrogen (secondary N) is 2. The summed E-state index contributed by atoms with van der Waals surface area (Å²) in [7, 11) is 3.92. The van der Waals surface area contributed by atoms with Gasteiger partial charge in [0.25, 0.3) is 0 Å². The predicted molar refractivity (Wildman–Crippen MR) is 106 cm³/mol. The van der Waals surface area contributed by atoms with Crippen LogP contribution in [0, 0.1) is 0 Å². The highest BCUT2D eigenvalue weighted by Crippen LogP contribution is 2.22. The molecule has 1 fully saturated rings. The quantitative estimate of drug-likeness (QED) is 0.814. The molecule has 0 bridgehead atoms. The van der Waals surface area contributed by atoms with Crippen LogP contribution in [0.3, 0.4) is 0 Å². The molecule has 7 nitrogen and oxygen atoms in total. The van der Waals surface area contributed by atoms with Crippen LogP contribution in [0.2, 0.25) is 0 Å². The van der Waals surface area contributed by atoms with E-state index >= 15 is 0 Å². The molecule has 7 heteroatoms. The van der Waals surface area contributed by atoms with Crippen molar-refractivity contribution in [1.82, 2.24) is 15.3 Å². The lowest BCUT2D eigenvalue weighted by atomic mass is 9.91. The van der Waals surface area contributed by atoms with Crippen LogP contribution < -0.4 is 15.5 Å². The van der Waals surface area contributed by atoms with Crippen molar-refractivity contribution >= 4 is 17.9 Å². The standard InChI is InChI=1S/C20H27N5O2/c1-25(2)18-12-13-21-19(24-18)22-16-8-10-17(11-9-16)23-20(26)27-14-15-6-4-3-5-7-15/h3-7,12-13,16-17H,8-11,14H2,1-2H3,(H,23,26)(H,21,22,24). The number of carbonyl (C=O) groups is 1. The maximum absolute atomic E-state index is 12.0. The van der Waals surface area contributed by atoms with Crippen LogP contribution in [0.25, 0.3) is 0 Å². The number of nitrogens with zero attached hydrogens (tertiary/aromatic N) is 3. The molecule has 1 aromatic carbocycles. The summed E-state index contributed by atoms with van der Waals surface area (Å²) in [5.41, 5.74) is 0.987. The number of aromatic nitrogens is 2. The van der Waals surface area contributed by atoms with Crippen molar-refractivity contribution in [3.8, 4) is 0 Å². The highest BCUT2D eigenvalue weighted by molar-refractivity contribution is 5.67. The number of alkyl carbamates (subject to hydrolysis) is 1. The van der Waals surface area contributed by atoms with Gasteiger partial charge in [0.05, 0.1) is 0 Å². The zero-order valence-corrected chi connectivity index (χ0v) is 15.9. The van der Waals surface area contributed by atoms with E-state index in [-0.39, 0.29) is 12.1 Å². The van der Waals surface area contributed by atoms with Gasteiger partial charge in [-0.2, -0.15) is 4.98 Å². The lowest BCUT2D eigenvalue weighted by Gasteiger charge is -2.29. The van der Waals surface area contributed by atoms with E-state index < -0.39 is 0 Å². The van der Waals surface area contributed by atoms with E-state index in [1.54, 1.807) is 6.20 Å². The third-order valence-corrected chi connectivity index (χ3v) is 4.69. The number of carbonyl (C=O) groups excluding carboxylic acids is 1. The van der Waals surface area contributed by atoms with Crippen LogP contribution in [0.4, 0.5) is 16.6 Å². The van der Waals surface area contributed by atoms with Crippen molar-refractivity contribution in [2.24, 2.45) is 0 Å². The molecule has 0 atom stereocenters. The molecule has 144 valence electrons. The molecular weight excluding hydrogens is 342 g/mol. The summed E-state index contributed by atoms with van der Waals surface area (Å²) in [5.74, 6) is 1.53. The second-order valence-corrected chi connectivity index (χ2v) is 7.03. The summed E-state index contributed by atoms with van der Waals surface area (Å²) in [6.45, 7) is 0.295. The van der Waals surface area contributed by atoms with Crippen molar-refractivity contribution in [2.75, 3.05) is 24.3 Å². The van der Waals surface area contributed by atoms with Crippen molar-refractivity contribution in [3.63, 3.8) is 0 Å². The lowest BCUT2D eigenvalue weighted by Crippen LogP contribution is -2.40. The highest BCUT2D eigenvalue weighted by Gasteiger charge is 2.23. The highest BCUT2D eigenvalue weighted by atomic mass is 16.5. The first kappa shape index (κ1) is 18.9. The minimum absolute atomic E-state index is 0.153. The first-order valence-corrected chi connectivity index (χ1v) is 9.34. The Labute approximate surface area is 160 Å². The van der Waals surface area contributed by atoms with Crippen molar-refractivity contribution in [3.05, 3.63) is 48.2 Å². The first-order chi connectivity index (χ1) is 13.1. The summed E-state index contributed by atoms with van der Waals surface area (Å²) < 4.78 is 5.30. The predicted octanol–water partition coefficient (Wildman–Crippen LogP) is 3.19. The Morgan fingerprint density at radius 3 is 2.52 bits per heavy atom. The molecule has 1 aliphatic rings. The van der Waals surface area contributed by atoms with Crippen molar-refractivity contribution < 1.29 is 9.53 Å². The van der Waals surface area contributed by atoms with Crippen molar-refractivity contribution in [2.45, 2.75) is 44.4 Å². The molecular formula is C20H27N5O2. The van der Waals surface area contributed by atoms with Gasteiger partial charge >= 0.3 is 6.09 Å². The van der Waals surface area contributed by atoms with Gasteiger partial charge in [0.1, 0.15) is 12.4 Å². The zero-order chi connectivity index (χ0) is 19.1. The van der Waals surface area contributed by atoms with Crippen molar-refractivity contribution in [1.29, 1.82) is 0 Å². The summed E-state index contributed by atoms with van der Waals surface area (Å²) >= 11 is 0. The molecule has 0 unspecified atom stereocenters. The second-order valence-electron chi connectivity index (χ2n) is 7.03. The Balaban J connectivity index is 1.39. The molecule has 3 rings (SSSR count). The maximum Gasteiger partial charge on any atom is 0.407 e. The monoisotopic (exact) mass is 369 g/mol. The van der Waals surface area contributed by atoms with Crippen LogP contribution in [-0.2, 0) is 11.3 Å². The number of rotatable bonds is 6. The Hall–Kier alpha value is -2.83. The Bertz CT molecular complexity index is 730. The summed E-state index contributed by atoms with van der Waals surface area (Å²) in [6.07, 6.45) is 5.15. The molecule has 2 aromatic rings.